The summed E-state index contributed by atoms with van der Waals surface area (Å²) < 4.78 is 47.8. The summed E-state index contributed by atoms with van der Waals surface area (Å²) in [4.78, 5) is 16.0. The van der Waals surface area contributed by atoms with Gasteiger partial charge >= 0.3 is 12.3 Å². The summed E-state index contributed by atoms with van der Waals surface area (Å²) in [6.07, 6.45) is -1.12. The van der Waals surface area contributed by atoms with Gasteiger partial charge in [0.25, 0.3) is 0 Å². The highest BCUT2D eigenvalue weighted by molar-refractivity contribution is 5.95. The monoisotopic (exact) mass is 499 g/mol. The molecule has 0 unspecified atom stereocenters. The fourth-order valence-electron chi connectivity index (χ4n) is 4.27. The fourth-order valence-corrected chi connectivity index (χ4v) is 4.27. The van der Waals surface area contributed by atoms with E-state index < -0.39 is 29.0 Å². The van der Waals surface area contributed by atoms with E-state index in [0.717, 1.165) is 15.8 Å². The molecule has 1 N–H and O–H groups in total. The lowest BCUT2D eigenvalue weighted by Crippen LogP contribution is -2.33. The van der Waals surface area contributed by atoms with E-state index in [1.807, 2.05) is 12.1 Å². The summed E-state index contributed by atoms with van der Waals surface area (Å²) in [6.45, 7) is 5.72. The van der Waals surface area contributed by atoms with Gasteiger partial charge in [-0.05, 0) is 80.8 Å². The standard InChI is InChI=1S/C26H28F3N5O2/c1-24(2,3)36-23(35)32-10-5-6-16-12-17(14-18(13-16)25(15-30)8-9-25)19-7-11-31-22-20(19)21(26(27,28)29)33-34(22)4/h7,11-14H,5-6,8-10H2,1-4H3,(H,32,35). The lowest BCUT2D eigenvalue weighted by molar-refractivity contribution is -0.140. The second-order valence-corrected chi connectivity index (χ2v) is 10.2. The van der Waals surface area contributed by atoms with Crippen LogP contribution in [0.25, 0.3) is 22.2 Å². The molecule has 10 heteroatoms. The zero-order chi connectivity index (χ0) is 26.3. The van der Waals surface area contributed by atoms with Crippen LogP contribution in [-0.2, 0) is 29.8 Å². The smallest absolute Gasteiger partial charge is 0.435 e. The average Bonchev–Trinajstić information content (AvgIpc) is 3.52. The minimum Gasteiger partial charge on any atom is -0.444 e. The number of halogens is 3. The van der Waals surface area contributed by atoms with Gasteiger partial charge in [0.1, 0.15) is 5.60 Å². The van der Waals surface area contributed by atoms with Crippen molar-refractivity contribution in [3.05, 3.63) is 47.3 Å². The number of carbonyl (C=O) groups excluding carboxylic acids is 1. The Kier molecular flexibility index (Phi) is 6.45. The van der Waals surface area contributed by atoms with E-state index in [9.17, 15) is 23.2 Å². The van der Waals surface area contributed by atoms with Gasteiger partial charge in [0.2, 0.25) is 0 Å². The van der Waals surface area contributed by atoms with Gasteiger partial charge < -0.3 is 10.1 Å². The van der Waals surface area contributed by atoms with Crippen molar-refractivity contribution < 1.29 is 22.7 Å². The van der Waals surface area contributed by atoms with Crippen LogP contribution < -0.4 is 5.32 Å². The zero-order valence-electron chi connectivity index (χ0n) is 20.7. The predicted octanol–water partition coefficient (Wildman–Crippen LogP) is 5.67. The normalized spacial score (nSPS) is 14.9. The van der Waals surface area contributed by atoms with Crippen molar-refractivity contribution in [2.75, 3.05) is 6.54 Å². The first-order valence-corrected chi connectivity index (χ1v) is 11.7. The molecule has 0 atom stereocenters. The topological polar surface area (TPSA) is 92.8 Å². The summed E-state index contributed by atoms with van der Waals surface area (Å²) >= 11 is 0. The van der Waals surface area contributed by atoms with E-state index in [1.54, 1.807) is 32.9 Å². The maximum Gasteiger partial charge on any atom is 0.435 e. The molecule has 1 aliphatic carbocycles. The Morgan fingerprint density at radius 1 is 1.25 bits per heavy atom. The Morgan fingerprint density at radius 2 is 1.97 bits per heavy atom. The molecule has 1 amide bonds. The number of benzene rings is 1. The molecule has 190 valence electrons. The first-order valence-electron chi connectivity index (χ1n) is 11.7. The quantitative estimate of drug-likeness (QED) is 0.442. The number of amides is 1. The molecule has 2 heterocycles. The van der Waals surface area contributed by atoms with Crippen molar-refractivity contribution in [1.29, 1.82) is 5.26 Å². The Labute approximate surface area is 207 Å². The van der Waals surface area contributed by atoms with Gasteiger partial charge in [-0.3, -0.25) is 0 Å². The zero-order valence-corrected chi connectivity index (χ0v) is 20.7. The van der Waals surface area contributed by atoms with E-state index in [0.29, 0.717) is 43.4 Å². The van der Waals surface area contributed by atoms with Crippen LogP contribution in [0.2, 0.25) is 0 Å². The molecule has 1 saturated carbocycles. The van der Waals surface area contributed by atoms with E-state index >= 15 is 0 Å². The maximum atomic E-state index is 13.8. The minimum absolute atomic E-state index is 0.0657. The van der Waals surface area contributed by atoms with Crippen LogP contribution in [-0.4, -0.2) is 33.0 Å². The summed E-state index contributed by atoms with van der Waals surface area (Å²) in [7, 11) is 1.43. The van der Waals surface area contributed by atoms with Crippen molar-refractivity contribution in [2.45, 2.75) is 63.6 Å². The molecule has 36 heavy (non-hydrogen) atoms. The van der Waals surface area contributed by atoms with Gasteiger partial charge in [0.15, 0.2) is 11.3 Å². The Hall–Kier alpha value is -3.61. The fraction of sp³-hybridized carbons (Fsp3) is 0.462. The van der Waals surface area contributed by atoms with Gasteiger partial charge in [-0.1, -0.05) is 12.1 Å². The molecule has 0 aliphatic heterocycles. The molecule has 0 saturated heterocycles. The van der Waals surface area contributed by atoms with Crippen LogP contribution in [0.4, 0.5) is 18.0 Å². The largest absolute Gasteiger partial charge is 0.444 e. The second-order valence-electron chi connectivity index (χ2n) is 10.2. The number of nitriles is 1. The summed E-state index contributed by atoms with van der Waals surface area (Å²) in [5.74, 6) is 0. The van der Waals surface area contributed by atoms with Crippen LogP contribution >= 0.6 is 0 Å². The highest BCUT2D eigenvalue weighted by Crippen LogP contribution is 2.49. The predicted molar refractivity (Wildman–Crippen MR) is 128 cm³/mol. The van der Waals surface area contributed by atoms with Crippen molar-refractivity contribution >= 4 is 17.1 Å². The number of nitrogens with one attached hydrogen (secondary N) is 1. The summed E-state index contributed by atoms with van der Waals surface area (Å²) in [5.41, 5.74) is 0.540. The number of alkyl halides is 3. The Balaban J connectivity index is 1.68. The number of pyridine rings is 1. The van der Waals surface area contributed by atoms with Crippen molar-refractivity contribution in [3.63, 3.8) is 0 Å². The molecule has 7 nitrogen and oxygen atoms in total. The summed E-state index contributed by atoms with van der Waals surface area (Å²) in [6, 6.07) is 9.52. The third-order valence-corrected chi connectivity index (χ3v) is 6.12. The van der Waals surface area contributed by atoms with E-state index in [2.05, 4.69) is 21.5 Å². The number of fused-ring (bicyclic) bond motifs is 1. The van der Waals surface area contributed by atoms with Gasteiger partial charge in [-0.2, -0.15) is 23.5 Å². The number of aryl methyl sites for hydroxylation is 2. The van der Waals surface area contributed by atoms with Crippen LogP contribution in [0, 0.1) is 11.3 Å². The number of carbonyl (C=O) groups is 1. The third-order valence-electron chi connectivity index (χ3n) is 6.12. The van der Waals surface area contributed by atoms with Gasteiger partial charge in [0, 0.05) is 19.8 Å². The van der Waals surface area contributed by atoms with E-state index in [-0.39, 0.29) is 11.0 Å². The average molecular weight is 500 g/mol. The van der Waals surface area contributed by atoms with Crippen LogP contribution in [0.15, 0.2) is 30.5 Å². The molecule has 4 rings (SSSR count). The molecule has 1 aliphatic rings. The second kappa shape index (κ2) is 9.12. The number of ether oxygens (including phenoxy) is 1. The number of alkyl carbamates (subject to hydrolysis) is 1. The van der Waals surface area contributed by atoms with Crippen molar-refractivity contribution in [1.82, 2.24) is 20.1 Å². The number of rotatable bonds is 6. The van der Waals surface area contributed by atoms with Crippen molar-refractivity contribution in [2.24, 2.45) is 7.05 Å². The third kappa shape index (κ3) is 5.30. The SMILES string of the molecule is Cn1nc(C(F)(F)F)c2c(-c3cc(CCCNC(=O)OC(C)(C)C)cc(C4(C#N)CC4)c3)ccnc21. The number of nitrogens with zero attached hydrogens (tertiary/aromatic N) is 4. The minimum atomic E-state index is -4.64. The van der Waals surface area contributed by atoms with Gasteiger partial charge in [-0.15, -0.1) is 0 Å². The van der Waals surface area contributed by atoms with E-state index in [1.165, 1.54) is 13.2 Å². The maximum absolute atomic E-state index is 13.8. The highest BCUT2D eigenvalue weighted by atomic mass is 19.4. The van der Waals surface area contributed by atoms with Gasteiger partial charge in [-0.25, -0.2) is 14.5 Å². The number of hydrogen-bond acceptors (Lipinski definition) is 5. The van der Waals surface area contributed by atoms with Gasteiger partial charge in [0.05, 0.1) is 16.9 Å². The van der Waals surface area contributed by atoms with Crippen LogP contribution in [0.3, 0.4) is 0 Å². The molecule has 3 aromatic rings. The molecular weight excluding hydrogens is 471 g/mol. The molecule has 2 aromatic heterocycles. The Bertz CT molecular complexity index is 1340. The molecular formula is C26H28F3N5O2. The van der Waals surface area contributed by atoms with Crippen LogP contribution in [0.5, 0.6) is 0 Å². The number of hydrogen-bond donors (Lipinski definition) is 1. The molecule has 0 radical (unpaired) electrons. The first kappa shape index (κ1) is 25.5. The molecule has 1 aromatic carbocycles. The molecule has 0 spiro atoms. The first-order chi connectivity index (χ1) is 16.8. The van der Waals surface area contributed by atoms with E-state index in [4.69, 9.17) is 4.74 Å². The number of aromatic nitrogens is 3. The lowest BCUT2D eigenvalue weighted by Gasteiger charge is -2.19. The molecule has 1 fully saturated rings. The molecule has 0 bridgehead atoms. The lowest BCUT2D eigenvalue weighted by atomic mass is 9.89. The highest BCUT2D eigenvalue weighted by Gasteiger charge is 2.45. The summed E-state index contributed by atoms with van der Waals surface area (Å²) in [5, 5.41) is 16.1. The van der Waals surface area contributed by atoms with Crippen LogP contribution in [0.1, 0.15) is 56.9 Å². The van der Waals surface area contributed by atoms with Crippen molar-refractivity contribution in [3.8, 4) is 17.2 Å². The Morgan fingerprint density at radius 3 is 2.58 bits per heavy atom.